The number of rotatable bonds is 5. The van der Waals surface area contributed by atoms with Crippen LogP contribution in [0.2, 0.25) is 0 Å². The smallest absolute Gasteiger partial charge is 0.330 e. The van der Waals surface area contributed by atoms with Gasteiger partial charge in [-0.1, -0.05) is 0 Å². The SMILES string of the molecule is NCC(=O)NCCCn1[c]n[nH]c(=O)c1=O. The molecule has 1 radical (unpaired) electrons. The quantitative estimate of drug-likeness (QED) is 0.369. The van der Waals surface area contributed by atoms with Gasteiger partial charge in [0.1, 0.15) is 0 Å². The molecule has 8 nitrogen and oxygen atoms in total. The Kier molecular flexibility index (Phi) is 4.40. The first-order chi connectivity index (χ1) is 7.65. The average Bonchev–Trinajstić information content (AvgIpc) is 2.29. The molecule has 87 valence electrons. The van der Waals surface area contributed by atoms with Crippen LogP contribution < -0.4 is 22.2 Å². The number of H-pyrrole nitrogens is 1. The second-order valence-electron chi connectivity index (χ2n) is 3.02. The number of aromatic nitrogens is 3. The molecule has 1 aromatic heterocycles. The van der Waals surface area contributed by atoms with Gasteiger partial charge in [0.15, 0.2) is 0 Å². The predicted molar refractivity (Wildman–Crippen MR) is 54.6 cm³/mol. The second-order valence-corrected chi connectivity index (χ2v) is 3.02. The van der Waals surface area contributed by atoms with Gasteiger partial charge in [0.25, 0.3) is 0 Å². The summed E-state index contributed by atoms with van der Waals surface area (Å²) in [7, 11) is 0. The Bertz CT molecular complexity index is 463. The number of nitrogens with two attached hydrogens (primary N) is 1. The molecule has 4 N–H and O–H groups in total. The zero-order valence-electron chi connectivity index (χ0n) is 8.52. The van der Waals surface area contributed by atoms with Crippen molar-refractivity contribution in [2.75, 3.05) is 13.1 Å². The molecule has 0 saturated carbocycles. The minimum atomic E-state index is -0.787. The van der Waals surface area contributed by atoms with E-state index in [1.54, 1.807) is 0 Å². The monoisotopic (exact) mass is 226 g/mol. The molecule has 0 aliphatic rings. The van der Waals surface area contributed by atoms with E-state index < -0.39 is 11.1 Å². The van der Waals surface area contributed by atoms with E-state index in [-0.39, 0.29) is 19.0 Å². The summed E-state index contributed by atoms with van der Waals surface area (Å²) in [5, 5.41) is 7.88. The van der Waals surface area contributed by atoms with Gasteiger partial charge in [-0.15, -0.1) is 0 Å². The van der Waals surface area contributed by atoms with Crippen LogP contribution in [-0.4, -0.2) is 33.8 Å². The van der Waals surface area contributed by atoms with Gasteiger partial charge in [-0.25, -0.2) is 5.10 Å². The Labute approximate surface area is 90.5 Å². The summed E-state index contributed by atoms with van der Waals surface area (Å²) in [6.45, 7) is 0.572. The third-order valence-corrected chi connectivity index (χ3v) is 1.83. The van der Waals surface area contributed by atoms with Crippen molar-refractivity contribution in [1.82, 2.24) is 20.1 Å². The standard InChI is InChI=1S/C8H12N5O3/c9-4-6(14)10-2-1-3-13-5-11-12-7(15)8(13)16/h1-4,9H2,(H,10,14)(H,12,15). The number of amides is 1. The first-order valence-corrected chi connectivity index (χ1v) is 4.69. The minimum absolute atomic E-state index is 0.0708. The fourth-order valence-electron chi connectivity index (χ4n) is 1.04. The molecule has 0 saturated heterocycles. The van der Waals surface area contributed by atoms with Crippen molar-refractivity contribution < 1.29 is 4.79 Å². The summed E-state index contributed by atoms with van der Waals surface area (Å²) >= 11 is 0. The van der Waals surface area contributed by atoms with Crippen LogP contribution in [0.25, 0.3) is 0 Å². The van der Waals surface area contributed by atoms with Gasteiger partial charge in [-0.3, -0.25) is 19.0 Å². The van der Waals surface area contributed by atoms with Gasteiger partial charge in [0, 0.05) is 13.1 Å². The zero-order chi connectivity index (χ0) is 12.0. The van der Waals surface area contributed by atoms with Crippen molar-refractivity contribution in [2.45, 2.75) is 13.0 Å². The summed E-state index contributed by atoms with van der Waals surface area (Å²) in [5.74, 6) is -0.264. The van der Waals surface area contributed by atoms with Gasteiger partial charge in [-0.2, -0.15) is 5.10 Å². The van der Waals surface area contributed by atoms with Gasteiger partial charge in [0.05, 0.1) is 6.54 Å². The number of aryl methyl sites for hydroxylation is 1. The fourth-order valence-corrected chi connectivity index (χ4v) is 1.04. The molecule has 0 aromatic carbocycles. The largest absolute Gasteiger partial charge is 0.355 e. The molecule has 0 unspecified atom stereocenters. The van der Waals surface area contributed by atoms with Gasteiger partial charge >= 0.3 is 11.1 Å². The molecule has 1 aromatic rings. The number of carbonyl (C=O) groups is 1. The van der Waals surface area contributed by atoms with Crippen LogP contribution in [0.1, 0.15) is 6.42 Å². The van der Waals surface area contributed by atoms with Gasteiger partial charge < -0.3 is 11.1 Å². The molecule has 0 spiro atoms. The first-order valence-electron chi connectivity index (χ1n) is 4.69. The lowest BCUT2D eigenvalue weighted by molar-refractivity contribution is -0.119. The normalized spacial score (nSPS) is 10.1. The summed E-state index contributed by atoms with van der Waals surface area (Å²) in [6.07, 6.45) is 2.83. The number of aromatic amines is 1. The summed E-state index contributed by atoms with van der Waals surface area (Å²) in [6, 6.07) is 0. The van der Waals surface area contributed by atoms with Gasteiger partial charge in [0.2, 0.25) is 12.2 Å². The van der Waals surface area contributed by atoms with Crippen LogP contribution in [0, 0.1) is 6.33 Å². The lowest BCUT2D eigenvalue weighted by Gasteiger charge is -2.04. The van der Waals surface area contributed by atoms with Crippen LogP contribution >= 0.6 is 0 Å². The zero-order valence-corrected chi connectivity index (χ0v) is 8.52. The van der Waals surface area contributed by atoms with Crippen molar-refractivity contribution in [1.29, 1.82) is 0 Å². The molecule has 0 atom stereocenters. The van der Waals surface area contributed by atoms with Crippen molar-refractivity contribution in [2.24, 2.45) is 5.73 Å². The summed E-state index contributed by atoms with van der Waals surface area (Å²) < 4.78 is 1.06. The third-order valence-electron chi connectivity index (χ3n) is 1.83. The van der Waals surface area contributed by atoms with E-state index >= 15 is 0 Å². The molecular formula is C8H12N5O3. The highest BCUT2D eigenvalue weighted by atomic mass is 16.2. The molecule has 1 amide bonds. The van der Waals surface area contributed by atoms with Crippen LogP contribution in [0.3, 0.4) is 0 Å². The molecule has 1 rings (SSSR count). The van der Waals surface area contributed by atoms with Crippen LogP contribution in [0.15, 0.2) is 9.59 Å². The fraction of sp³-hybridized carbons (Fsp3) is 0.500. The van der Waals surface area contributed by atoms with Crippen molar-refractivity contribution in [3.63, 3.8) is 0 Å². The number of hydrogen-bond acceptors (Lipinski definition) is 5. The Morgan fingerprint density at radius 3 is 3.00 bits per heavy atom. The van der Waals surface area contributed by atoms with E-state index in [0.717, 1.165) is 4.57 Å². The molecule has 0 aliphatic carbocycles. The van der Waals surface area contributed by atoms with Gasteiger partial charge in [-0.05, 0) is 6.42 Å². The number of nitrogens with zero attached hydrogens (tertiary/aromatic N) is 2. The number of nitrogens with one attached hydrogen (secondary N) is 2. The average molecular weight is 226 g/mol. The first kappa shape index (κ1) is 12.1. The second kappa shape index (κ2) is 5.81. The molecule has 1 heterocycles. The van der Waals surface area contributed by atoms with Crippen molar-refractivity contribution in [3.8, 4) is 0 Å². The maximum Gasteiger partial charge on any atom is 0.330 e. The highest BCUT2D eigenvalue weighted by molar-refractivity contribution is 5.77. The van der Waals surface area contributed by atoms with Crippen molar-refractivity contribution >= 4 is 5.91 Å². The Hall–Kier alpha value is -1.96. The molecule has 0 aliphatic heterocycles. The Balaban J connectivity index is 2.44. The van der Waals surface area contributed by atoms with E-state index in [4.69, 9.17) is 5.73 Å². The maximum atomic E-state index is 11.2. The lowest BCUT2D eigenvalue weighted by atomic mass is 10.4. The maximum absolute atomic E-state index is 11.2. The molecule has 8 heteroatoms. The lowest BCUT2D eigenvalue weighted by Crippen LogP contribution is -2.38. The minimum Gasteiger partial charge on any atom is -0.355 e. The van der Waals surface area contributed by atoms with E-state index in [1.807, 2.05) is 5.10 Å². The highest BCUT2D eigenvalue weighted by Gasteiger charge is 2.01. The van der Waals surface area contributed by atoms with Crippen LogP contribution in [-0.2, 0) is 11.3 Å². The van der Waals surface area contributed by atoms with Crippen LogP contribution in [0.5, 0.6) is 0 Å². The number of hydrogen-bond donors (Lipinski definition) is 3. The van der Waals surface area contributed by atoms with Crippen molar-refractivity contribution in [3.05, 3.63) is 27.0 Å². The van der Waals surface area contributed by atoms with E-state index in [1.165, 1.54) is 0 Å². The predicted octanol–water partition coefficient (Wildman–Crippen LogP) is -2.80. The molecule has 16 heavy (non-hydrogen) atoms. The molecule has 0 fully saturated rings. The third kappa shape index (κ3) is 3.31. The molecular weight excluding hydrogens is 214 g/mol. The Morgan fingerprint density at radius 2 is 2.31 bits per heavy atom. The number of carbonyl (C=O) groups excluding carboxylic acids is 1. The molecule has 0 bridgehead atoms. The highest BCUT2D eigenvalue weighted by Crippen LogP contribution is 1.81. The van der Waals surface area contributed by atoms with E-state index in [0.29, 0.717) is 13.0 Å². The Morgan fingerprint density at radius 1 is 1.56 bits per heavy atom. The van der Waals surface area contributed by atoms with E-state index in [9.17, 15) is 14.4 Å². The summed E-state index contributed by atoms with van der Waals surface area (Å²) in [5.41, 5.74) is 3.59. The summed E-state index contributed by atoms with van der Waals surface area (Å²) in [4.78, 5) is 32.8. The van der Waals surface area contributed by atoms with E-state index in [2.05, 4.69) is 16.7 Å². The topological polar surface area (TPSA) is 123 Å². The van der Waals surface area contributed by atoms with Crippen LogP contribution in [0.4, 0.5) is 0 Å².